The van der Waals surface area contributed by atoms with Crippen LogP contribution in [0.5, 0.6) is 5.75 Å². The summed E-state index contributed by atoms with van der Waals surface area (Å²) < 4.78 is 19.7. The molecule has 0 aliphatic heterocycles. The summed E-state index contributed by atoms with van der Waals surface area (Å²) in [6, 6.07) is 6.13. The number of nitrogens with zero attached hydrogens (tertiary/aromatic N) is 2. The van der Waals surface area contributed by atoms with Crippen LogP contribution in [0.3, 0.4) is 0 Å². The van der Waals surface area contributed by atoms with Crippen molar-refractivity contribution >= 4 is 39.6 Å². The molecule has 1 heterocycles. The molecule has 1 aromatic heterocycles. The fraction of sp³-hybridized carbons (Fsp3) is 0.455. The predicted molar refractivity (Wildman–Crippen MR) is 117 cm³/mol. The first-order valence-corrected chi connectivity index (χ1v) is 10.7. The number of ether oxygens (including phenoxy) is 1. The summed E-state index contributed by atoms with van der Waals surface area (Å²) in [5.74, 6) is 2.94. The van der Waals surface area contributed by atoms with Gasteiger partial charge in [0.05, 0.1) is 16.7 Å². The highest BCUT2D eigenvalue weighted by atomic mass is 79.9. The number of aromatic nitrogens is 1. The van der Waals surface area contributed by atoms with E-state index in [2.05, 4.69) is 34.8 Å². The van der Waals surface area contributed by atoms with Gasteiger partial charge >= 0.3 is 0 Å². The van der Waals surface area contributed by atoms with Gasteiger partial charge in [0.15, 0.2) is 17.9 Å². The molecule has 2 atom stereocenters. The number of carbonyl (C=O) groups excluding carboxylic acids is 1. The number of fused-ring (bicyclic) bond motifs is 1. The Hall–Kier alpha value is -1.66. The Bertz CT molecular complexity index is 872. The normalized spacial score (nSPS) is 23.5. The van der Waals surface area contributed by atoms with Gasteiger partial charge in [0.25, 0.3) is 0 Å². The summed E-state index contributed by atoms with van der Waals surface area (Å²) in [6.45, 7) is 4.76. The highest BCUT2D eigenvalue weighted by molar-refractivity contribution is 9.10. The molecule has 156 valence electrons. The van der Waals surface area contributed by atoms with Crippen LogP contribution in [-0.2, 0) is 0 Å². The maximum atomic E-state index is 12.5. The Balaban J connectivity index is 0.000000204. The van der Waals surface area contributed by atoms with Crippen molar-refractivity contribution in [2.45, 2.75) is 32.8 Å². The molecule has 29 heavy (non-hydrogen) atoms. The number of hydrogen-bond donors (Lipinski definition) is 0. The fourth-order valence-electron chi connectivity index (χ4n) is 4.19. The minimum absolute atomic E-state index is 0.0795. The lowest BCUT2D eigenvalue weighted by atomic mass is 9.99. The number of aldehydes is 1. The third-order valence-corrected chi connectivity index (χ3v) is 6.72. The standard InChI is InChI=1S/C15H21BrN2O.C7H4ClFO/c1-15(2)11-6-10(7-12(11)15)19-13-5-9(16)8-17-14(13)18(3)4;8-6-2-1-3-7(9)5(6)4-10/h5,8,10-12H,6-7H2,1-4H3;1-4H. The number of anilines is 1. The number of pyridine rings is 1. The van der Waals surface area contributed by atoms with E-state index in [0.29, 0.717) is 17.8 Å². The van der Waals surface area contributed by atoms with Crippen molar-refractivity contribution in [1.29, 1.82) is 0 Å². The number of halogens is 3. The summed E-state index contributed by atoms with van der Waals surface area (Å²) in [4.78, 5) is 16.6. The van der Waals surface area contributed by atoms with Crippen LogP contribution in [0, 0.1) is 23.1 Å². The first kappa shape index (κ1) is 22.0. The van der Waals surface area contributed by atoms with E-state index in [4.69, 9.17) is 16.3 Å². The molecule has 7 heteroatoms. The fourth-order valence-corrected chi connectivity index (χ4v) is 4.71. The maximum absolute atomic E-state index is 12.5. The molecule has 0 bridgehead atoms. The number of benzene rings is 1. The van der Waals surface area contributed by atoms with E-state index >= 15 is 0 Å². The van der Waals surface area contributed by atoms with Gasteiger partial charge in [0.1, 0.15) is 5.82 Å². The SMILES string of the molecule is CN(C)c1ncc(Br)cc1OC1CC2C(C1)C2(C)C.O=Cc1c(F)cccc1Cl. The molecule has 4 nitrogen and oxygen atoms in total. The Morgan fingerprint density at radius 2 is 1.97 bits per heavy atom. The molecule has 2 saturated carbocycles. The van der Waals surface area contributed by atoms with E-state index < -0.39 is 5.82 Å². The minimum atomic E-state index is -0.581. The molecule has 2 fully saturated rings. The second-order valence-electron chi connectivity index (χ2n) is 8.37. The number of carbonyl (C=O) groups is 1. The molecule has 0 spiro atoms. The molecular weight excluding hydrogens is 459 g/mol. The highest BCUT2D eigenvalue weighted by Gasteiger charge is 2.62. The lowest BCUT2D eigenvalue weighted by Gasteiger charge is -2.22. The number of hydrogen-bond acceptors (Lipinski definition) is 4. The van der Waals surface area contributed by atoms with Crippen LogP contribution in [0.2, 0.25) is 5.02 Å². The lowest BCUT2D eigenvalue weighted by Crippen LogP contribution is -2.20. The summed E-state index contributed by atoms with van der Waals surface area (Å²) >= 11 is 8.93. The van der Waals surface area contributed by atoms with E-state index in [0.717, 1.165) is 27.9 Å². The van der Waals surface area contributed by atoms with Crippen LogP contribution in [0.4, 0.5) is 10.2 Å². The third kappa shape index (κ3) is 4.75. The maximum Gasteiger partial charge on any atom is 0.170 e. The van der Waals surface area contributed by atoms with Crippen LogP contribution in [0.1, 0.15) is 37.0 Å². The van der Waals surface area contributed by atoms with Crippen molar-refractivity contribution in [3.05, 3.63) is 51.3 Å². The Labute approximate surface area is 184 Å². The smallest absolute Gasteiger partial charge is 0.170 e. The van der Waals surface area contributed by atoms with Crippen molar-refractivity contribution in [3.8, 4) is 5.75 Å². The molecule has 1 aromatic carbocycles. The lowest BCUT2D eigenvalue weighted by molar-refractivity contribution is 0.112. The quantitative estimate of drug-likeness (QED) is 0.499. The molecule has 0 amide bonds. The highest BCUT2D eigenvalue weighted by Crippen LogP contribution is 2.67. The average molecular weight is 484 g/mol. The average Bonchev–Trinajstić information content (AvgIpc) is 2.97. The largest absolute Gasteiger partial charge is 0.486 e. The zero-order valence-corrected chi connectivity index (χ0v) is 19.3. The summed E-state index contributed by atoms with van der Waals surface area (Å²) in [7, 11) is 4.00. The predicted octanol–water partition coefficient (Wildman–Crippen LogP) is 6.02. The van der Waals surface area contributed by atoms with Crippen molar-refractivity contribution in [2.75, 3.05) is 19.0 Å². The van der Waals surface area contributed by atoms with Crippen LogP contribution in [0.25, 0.3) is 0 Å². The summed E-state index contributed by atoms with van der Waals surface area (Å²) in [6.07, 6.45) is 4.96. The van der Waals surface area contributed by atoms with Gasteiger partial charge < -0.3 is 9.64 Å². The van der Waals surface area contributed by atoms with Gasteiger partial charge in [-0.3, -0.25) is 4.79 Å². The van der Waals surface area contributed by atoms with Gasteiger partial charge in [-0.15, -0.1) is 0 Å². The second-order valence-corrected chi connectivity index (χ2v) is 9.69. The van der Waals surface area contributed by atoms with Crippen LogP contribution in [0.15, 0.2) is 34.9 Å². The Morgan fingerprint density at radius 3 is 2.48 bits per heavy atom. The van der Waals surface area contributed by atoms with Crippen molar-refractivity contribution in [1.82, 2.24) is 4.98 Å². The van der Waals surface area contributed by atoms with Crippen molar-refractivity contribution in [3.63, 3.8) is 0 Å². The van der Waals surface area contributed by atoms with E-state index in [1.807, 2.05) is 31.3 Å². The molecule has 4 rings (SSSR count). The second kappa shape index (κ2) is 8.60. The van der Waals surface area contributed by atoms with Crippen molar-refractivity contribution in [2.24, 2.45) is 17.3 Å². The topological polar surface area (TPSA) is 42.4 Å². The third-order valence-electron chi connectivity index (χ3n) is 5.96. The Morgan fingerprint density at radius 1 is 1.31 bits per heavy atom. The molecule has 2 aliphatic carbocycles. The van der Waals surface area contributed by atoms with E-state index in [-0.39, 0.29) is 10.6 Å². The van der Waals surface area contributed by atoms with Gasteiger partial charge in [0, 0.05) is 24.8 Å². The van der Waals surface area contributed by atoms with Crippen molar-refractivity contribution < 1.29 is 13.9 Å². The zero-order valence-electron chi connectivity index (χ0n) is 17.0. The zero-order chi connectivity index (χ0) is 21.3. The molecule has 2 unspecified atom stereocenters. The van der Waals surface area contributed by atoms with Gasteiger partial charge in [-0.25, -0.2) is 9.37 Å². The van der Waals surface area contributed by atoms with E-state index in [9.17, 15) is 9.18 Å². The summed E-state index contributed by atoms with van der Waals surface area (Å²) in [5.41, 5.74) is 0.476. The first-order valence-electron chi connectivity index (χ1n) is 9.53. The van der Waals surface area contributed by atoms with E-state index in [1.165, 1.54) is 31.0 Å². The molecule has 0 radical (unpaired) electrons. The van der Waals surface area contributed by atoms with Gasteiger partial charge in [-0.2, -0.15) is 0 Å². The summed E-state index contributed by atoms with van der Waals surface area (Å²) in [5, 5.41) is 0.148. The minimum Gasteiger partial charge on any atom is -0.486 e. The Kier molecular flexibility index (Phi) is 6.54. The van der Waals surface area contributed by atoms with Gasteiger partial charge in [-0.1, -0.05) is 31.5 Å². The van der Waals surface area contributed by atoms with Gasteiger partial charge in [0.2, 0.25) is 0 Å². The first-order chi connectivity index (χ1) is 13.6. The van der Waals surface area contributed by atoms with Crippen LogP contribution < -0.4 is 9.64 Å². The molecule has 0 N–H and O–H groups in total. The number of rotatable bonds is 4. The van der Waals surface area contributed by atoms with Crippen LogP contribution >= 0.6 is 27.5 Å². The molecule has 2 aliphatic rings. The molecule has 2 aromatic rings. The van der Waals surface area contributed by atoms with Gasteiger partial charge in [-0.05, 0) is 64.2 Å². The molecule has 0 saturated heterocycles. The molecular formula is C22H25BrClFN2O2. The monoisotopic (exact) mass is 482 g/mol. The van der Waals surface area contributed by atoms with Crippen LogP contribution in [-0.4, -0.2) is 31.5 Å². The van der Waals surface area contributed by atoms with E-state index in [1.54, 1.807) is 0 Å².